The van der Waals surface area contributed by atoms with Gasteiger partial charge in [-0.3, -0.25) is 14.7 Å². The van der Waals surface area contributed by atoms with Crippen molar-refractivity contribution in [2.75, 3.05) is 33.9 Å². The van der Waals surface area contributed by atoms with Crippen LogP contribution in [-0.4, -0.2) is 65.2 Å². The van der Waals surface area contributed by atoms with E-state index in [-0.39, 0.29) is 51.7 Å². The van der Waals surface area contributed by atoms with E-state index in [1.54, 1.807) is 19.9 Å². The van der Waals surface area contributed by atoms with Gasteiger partial charge in [0, 0.05) is 48.1 Å². The van der Waals surface area contributed by atoms with E-state index in [0.717, 1.165) is 67.5 Å². The minimum atomic E-state index is -0.970. The number of nitrogens with zero attached hydrogens (tertiary/aromatic N) is 3. The smallest absolute Gasteiger partial charge is 0.336 e. The van der Waals surface area contributed by atoms with Crippen molar-refractivity contribution in [3.05, 3.63) is 169 Å². The number of para-hydroxylation sites is 3. The summed E-state index contributed by atoms with van der Waals surface area (Å²) in [6, 6.07) is 27.3. The molecule has 12 nitrogen and oxygen atoms in total. The Morgan fingerprint density at radius 2 is 1.34 bits per heavy atom. The average Bonchev–Trinajstić information content (AvgIpc) is 3.58. The summed E-state index contributed by atoms with van der Waals surface area (Å²) in [6.07, 6.45) is 3.78. The number of nitrogens with one attached hydrogen (secondary N) is 2. The van der Waals surface area contributed by atoms with Crippen LogP contribution in [0.15, 0.2) is 124 Å². The number of piperidine rings is 1. The fourth-order valence-electron chi connectivity index (χ4n) is 8.24. The van der Waals surface area contributed by atoms with Crippen molar-refractivity contribution in [2.24, 2.45) is 0 Å². The number of ether oxygens (including phenoxy) is 2. The largest absolute Gasteiger partial charge is 0.466 e. The van der Waals surface area contributed by atoms with Crippen LogP contribution in [0.2, 0.25) is 0 Å². The molecule has 5 aromatic rings. The number of benzene rings is 4. The fourth-order valence-corrected chi connectivity index (χ4v) is 8.24. The second-order valence-electron chi connectivity index (χ2n) is 14.6. The third-order valence-corrected chi connectivity index (χ3v) is 11.1. The number of carbonyl (C=O) groups excluding carboxylic acids is 2. The van der Waals surface area contributed by atoms with Gasteiger partial charge < -0.3 is 24.7 Å². The Morgan fingerprint density at radius 3 is 1.88 bits per heavy atom. The van der Waals surface area contributed by atoms with Gasteiger partial charge >= 0.3 is 17.6 Å². The Morgan fingerprint density at radius 1 is 0.814 bits per heavy atom. The van der Waals surface area contributed by atoms with Crippen molar-refractivity contribution in [1.82, 2.24) is 19.8 Å². The third kappa shape index (κ3) is 9.50. The normalized spacial score (nSPS) is 15.2. The van der Waals surface area contributed by atoms with Gasteiger partial charge in [0.15, 0.2) is 0 Å². The first-order chi connectivity index (χ1) is 28.4. The number of rotatable bonds is 11. The molecular formula is C45H47F2N5O7. The van der Waals surface area contributed by atoms with E-state index in [1.807, 2.05) is 53.1 Å². The second-order valence-corrected chi connectivity index (χ2v) is 14.6. The number of hydrogen-bond acceptors (Lipinski definition) is 9. The molecule has 0 amide bonds. The molecule has 1 fully saturated rings. The quantitative estimate of drug-likeness (QED) is 0.0769. The summed E-state index contributed by atoms with van der Waals surface area (Å²) >= 11 is 0. The summed E-state index contributed by atoms with van der Waals surface area (Å²) in [5, 5.41) is 14.4. The highest BCUT2D eigenvalue weighted by Crippen LogP contribution is 2.42. The van der Waals surface area contributed by atoms with Crippen molar-refractivity contribution >= 4 is 28.7 Å². The second kappa shape index (κ2) is 18.9. The van der Waals surface area contributed by atoms with E-state index in [0.29, 0.717) is 11.4 Å². The Hall–Kier alpha value is -6.41. The van der Waals surface area contributed by atoms with E-state index in [9.17, 15) is 33.3 Å². The zero-order valence-electron chi connectivity index (χ0n) is 33.4. The number of nitro groups is 1. The summed E-state index contributed by atoms with van der Waals surface area (Å²) in [7, 11) is 2.42. The van der Waals surface area contributed by atoms with Crippen molar-refractivity contribution in [3.8, 4) is 0 Å². The van der Waals surface area contributed by atoms with Crippen molar-refractivity contribution in [3.63, 3.8) is 0 Å². The van der Waals surface area contributed by atoms with Gasteiger partial charge in [0.1, 0.15) is 11.6 Å². The molecular weight excluding hydrogens is 761 g/mol. The first kappa shape index (κ1) is 42.2. The van der Waals surface area contributed by atoms with E-state index >= 15 is 0 Å². The van der Waals surface area contributed by atoms with Crippen LogP contribution in [0.5, 0.6) is 0 Å². The van der Waals surface area contributed by atoms with Crippen LogP contribution in [0.1, 0.15) is 74.1 Å². The maximum atomic E-state index is 13.5. The summed E-state index contributed by atoms with van der Waals surface area (Å²) in [5.74, 6) is -2.73. The van der Waals surface area contributed by atoms with Gasteiger partial charge in [0.2, 0.25) is 0 Å². The van der Waals surface area contributed by atoms with Gasteiger partial charge in [-0.05, 0) is 93.6 Å². The molecule has 0 bridgehead atoms. The van der Waals surface area contributed by atoms with Gasteiger partial charge in [-0.1, -0.05) is 54.6 Å². The molecule has 0 saturated carbocycles. The number of aromatic nitrogens is 2. The molecule has 59 heavy (non-hydrogen) atoms. The van der Waals surface area contributed by atoms with E-state index < -0.39 is 22.8 Å². The Kier molecular flexibility index (Phi) is 13.5. The Labute approximate surface area is 340 Å². The number of carbonyl (C=O) groups is 2. The van der Waals surface area contributed by atoms with Gasteiger partial charge in [-0.2, -0.15) is 0 Å². The van der Waals surface area contributed by atoms with Crippen molar-refractivity contribution in [2.45, 2.75) is 57.4 Å². The molecule has 7 rings (SSSR count). The summed E-state index contributed by atoms with van der Waals surface area (Å²) in [5.41, 5.74) is 5.13. The van der Waals surface area contributed by atoms with Crippen molar-refractivity contribution in [1.29, 1.82) is 0 Å². The topological polar surface area (TPSA) is 149 Å². The molecule has 0 spiro atoms. The monoisotopic (exact) mass is 807 g/mol. The van der Waals surface area contributed by atoms with Crippen LogP contribution >= 0.6 is 0 Å². The number of aromatic amines is 1. The highest BCUT2D eigenvalue weighted by Gasteiger charge is 2.40. The van der Waals surface area contributed by atoms with Crippen LogP contribution < -0.4 is 11.0 Å². The zero-order valence-corrected chi connectivity index (χ0v) is 33.4. The number of likely N-dealkylation sites (tertiary alicyclic amines) is 1. The predicted molar refractivity (Wildman–Crippen MR) is 220 cm³/mol. The molecule has 2 N–H and O–H groups in total. The lowest BCUT2D eigenvalue weighted by Crippen LogP contribution is -2.37. The van der Waals surface area contributed by atoms with Crippen LogP contribution in [-0.2, 0) is 19.1 Å². The Balaban J connectivity index is 0.000000209. The number of imidazole rings is 1. The Bertz CT molecular complexity index is 2350. The van der Waals surface area contributed by atoms with E-state index in [2.05, 4.69) is 15.2 Å². The number of fused-ring (bicyclic) bond motifs is 1. The number of hydrogen-bond donors (Lipinski definition) is 2. The minimum absolute atomic E-state index is 0.0268. The highest BCUT2D eigenvalue weighted by molar-refractivity contribution is 6.00. The van der Waals surface area contributed by atoms with Gasteiger partial charge in [-0.15, -0.1) is 0 Å². The number of methoxy groups -OCH3 is 2. The van der Waals surface area contributed by atoms with Crippen molar-refractivity contribution < 1.29 is 32.8 Å². The molecule has 14 heteroatoms. The first-order valence-electron chi connectivity index (χ1n) is 19.4. The fraction of sp³-hybridized carbons (Fsp3) is 0.311. The maximum absolute atomic E-state index is 13.5. The van der Waals surface area contributed by atoms with Gasteiger partial charge in [0.25, 0.3) is 5.69 Å². The highest BCUT2D eigenvalue weighted by atomic mass is 19.1. The first-order valence-corrected chi connectivity index (χ1v) is 19.4. The molecule has 1 aromatic heterocycles. The zero-order chi connectivity index (χ0) is 42.2. The van der Waals surface area contributed by atoms with Crippen LogP contribution in [0.3, 0.4) is 0 Å². The molecule has 308 valence electrons. The molecule has 0 atom stereocenters. The molecule has 2 aliphatic heterocycles. The minimum Gasteiger partial charge on any atom is -0.466 e. The maximum Gasteiger partial charge on any atom is 0.336 e. The number of halogens is 2. The number of allylic oxidation sites excluding steroid dienone is 2. The predicted octanol–water partition coefficient (Wildman–Crippen LogP) is 8.03. The van der Waals surface area contributed by atoms with E-state index in [4.69, 9.17) is 9.47 Å². The molecule has 3 heterocycles. The molecule has 1 saturated heterocycles. The lowest BCUT2D eigenvalue weighted by Gasteiger charge is -2.32. The standard InChI is InChI=1S/C28H29F2N3O.C17H18N2O6/c29-22-11-7-20(8-12-22)25(21-9-13-23(30)14-10-21)4-3-17-32-18-15-24(16-19-32)33-27-6-2-1-5-26(27)31-28(33)34;1-9-13(16(20)24-3)15(14(10(2)18-9)17(21)25-4)11-7-5-6-8-12(11)19(22)23/h1-2,5-14,24-25H,3-4,15-19H2,(H,31,34);5-8,15,18H,1-4H3. The van der Waals surface area contributed by atoms with Gasteiger partial charge in [-0.25, -0.2) is 23.2 Å². The molecule has 2 aliphatic rings. The van der Waals surface area contributed by atoms with Crippen LogP contribution in [0.25, 0.3) is 11.0 Å². The summed E-state index contributed by atoms with van der Waals surface area (Å²) < 4.78 is 38.5. The number of dihydropyridines is 1. The lowest BCUT2D eigenvalue weighted by molar-refractivity contribution is -0.385. The summed E-state index contributed by atoms with van der Waals surface area (Å²) in [6.45, 7) is 6.16. The molecule has 0 aliphatic carbocycles. The lowest BCUT2D eigenvalue weighted by atomic mass is 9.79. The summed E-state index contributed by atoms with van der Waals surface area (Å²) in [4.78, 5) is 53.5. The molecule has 0 radical (unpaired) electrons. The number of H-pyrrole nitrogens is 1. The SMILES string of the molecule is COC(=O)C1=C(C)NC(C)=C(C(=O)OC)C1c1ccccc1[N+](=O)[O-].O=c1[nH]c2ccccc2n1C1CCN(CCCC(c2ccc(F)cc2)c2ccc(F)cc2)CC1. The molecule has 0 unspecified atom stereocenters. The van der Waals surface area contributed by atoms with Gasteiger partial charge in [0.05, 0.1) is 47.2 Å². The third-order valence-electron chi connectivity index (χ3n) is 11.1. The van der Waals surface area contributed by atoms with Crippen LogP contribution in [0.4, 0.5) is 14.5 Å². The average molecular weight is 808 g/mol. The van der Waals surface area contributed by atoms with E-state index in [1.165, 1.54) is 56.7 Å². The molecule has 4 aromatic carbocycles. The number of nitro benzene ring substituents is 1. The van der Waals surface area contributed by atoms with Crippen LogP contribution in [0, 0.1) is 21.7 Å². The number of esters is 2.